The van der Waals surface area contributed by atoms with Gasteiger partial charge in [0.25, 0.3) is 5.91 Å². The zero-order valence-corrected chi connectivity index (χ0v) is 17.0. The average molecular weight is 416 g/mol. The van der Waals surface area contributed by atoms with Gasteiger partial charge in [0.05, 0.1) is 5.56 Å². The van der Waals surface area contributed by atoms with E-state index in [1.165, 1.54) is 23.9 Å². The fourth-order valence-electron chi connectivity index (χ4n) is 2.94. The second-order valence-electron chi connectivity index (χ2n) is 6.17. The van der Waals surface area contributed by atoms with Gasteiger partial charge in [0.2, 0.25) is 0 Å². The van der Waals surface area contributed by atoms with Crippen LogP contribution in [0.2, 0.25) is 5.02 Å². The van der Waals surface area contributed by atoms with E-state index >= 15 is 0 Å². The number of rotatable bonds is 5. The molecule has 0 unspecified atom stereocenters. The van der Waals surface area contributed by atoms with Crippen molar-refractivity contribution in [1.82, 2.24) is 0 Å². The van der Waals surface area contributed by atoms with E-state index in [0.29, 0.717) is 15.6 Å². The molecule has 0 atom stereocenters. The van der Waals surface area contributed by atoms with Crippen LogP contribution >= 0.6 is 23.4 Å². The molecule has 3 rings (SSSR count). The SMILES string of the molecule is CCSc1c(C)c(-c2ccc(F)cc2)cc(O)c1C(=O)Nc1ccc(Cl)cc1. The van der Waals surface area contributed by atoms with Crippen molar-refractivity contribution < 1.29 is 14.3 Å². The molecule has 0 aromatic heterocycles. The van der Waals surface area contributed by atoms with Crippen LogP contribution in [0.1, 0.15) is 22.8 Å². The Morgan fingerprint density at radius 2 is 1.79 bits per heavy atom. The molecule has 1 amide bonds. The zero-order chi connectivity index (χ0) is 20.3. The predicted molar refractivity (Wildman–Crippen MR) is 114 cm³/mol. The van der Waals surface area contributed by atoms with Crippen LogP contribution in [0.25, 0.3) is 11.1 Å². The van der Waals surface area contributed by atoms with Crippen LogP contribution < -0.4 is 5.32 Å². The van der Waals surface area contributed by atoms with Crippen LogP contribution in [0.5, 0.6) is 5.75 Å². The first-order valence-corrected chi connectivity index (χ1v) is 10.1. The van der Waals surface area contributed by atoms with Crippen molar-refractivity contribution in [2.24, 2.45) is 0 Å². The highest BCUT2D eigenvalue weighted by Gasteiger charge is 2.22. The molecule has 0 saturated heterocycles. The molecule has 28 heavy (non-hydrogen) atoms. The third-order valence-corrected chi connectivity index (χ3v) is 5.62. The van der Waals surface area contributed by atoms with Gasteiger partial charge in [-0.15, -0.1) is 11.8 Å². The Bertz CT molecular complexity index is 1000. The fourth-order valence-corrected chi connectivity index (χ4v) is 4.03. The maximum atomic E-state index is 13.3. The highest BCUT2D eigenvalue weighted by atomic mass is 35.5. The minimum atomic E-state index is -0.399. The normalized spacial score (nSPS) is 10.7. The molecule has 0 fully saturated rings. The average Bonchev–Trinajstić information content (AvgIpc) is 2.67. The first-order chi connectivity index (χ1) is 13.4. The molecular formula is C22H19ClFNO2S. The third kappa shape index (κ3) is 4.32. The standard InChI is InChI=1S/C22H19ClFNO2S/c1-3-28-21-13(2)18(14-4-8-16(24)9-5-14)12-19(26)20(21)22(27)25-17-10-6-15(23)7-11-17/h4-12,26H,3H2,1-2H3,(H,25,27). The first-order valence-electron chi connectivity index (χ1n) is 8.73. The van der Waals surface area contributed by atoms with E-state index in [1.54, 1.807) is 42.5 Å². The van der Waals surface area contributed by atoms with Crippen LogP contribution in [0.15, 0.2) is 59.5 Å². The molecule has 0 bridgehead atoms. The van der Waals surface area contributed by atoms with Gasteiger partial charge < -0.3 is 10.4 Å². The van der Waals surface area contributed by atoms with Gasteiger partial charge in [0, 0.05) is 15.6 Å². The minimum Gasteiger partial charge on any atom is -0.507 e. The van der Waals surface area contributed by atoms with E-state index in [1.807, 2.05) is 13.8 Å². The first kappa shape index (κ1) is 20.2. The number of benzene rings is 3. The molecule has 0 saturated carbocycles. The fraction of sp³-hybridized carbons (Fsp3) is 0.136. The number of aromatic hydroxyl groups is 1. The molecule has 0 aliphatic heterocycles. The topological polar surface area (TPSA) is 49.3 Å². The summed E-state index contributed by atoms with van der Waals surface area (Å²) in [6.45, 7) is 3.88. The summed E-state index contributed by atoms with van der Waals surface area (Å²) in [5.41, 5.74) is 3.21. The van der Waals surface area contributed by atoms with Crippen LogP contribution in [-0.4, -0.2) is 16.8 Å². The number of carbonyl (C=O) groups excluding carboxylic acids is 1. The van der Waals surface area contributed by atoms with Crippen LogP contribution in [0, 0.1) is 12.7 Å². The van der Waals surface area contributed by atoms with E-state index in [2.05, 4.69) is 5.32 Å². The Morgan fingerprint density at radius 3 is 2.39 bits per heavy atom. The van der Waals surface area contributed by atoms with Crippen molar-refractivity contribution in [3.63, 3.8) is 0 Å². The van der Waals surface area contributed by atoms with Gasteiger partial charge in [-0.25, -0.2) is 4.39 Å². The van der Waals surface area contributed by atoms with Gasteiger partial charge >= 0.3 is 0 Å². The summed E-state index contributed by atoms with van der Waals surface area (Å²) in [6.07, 6.45) is 0. The predicted octanol–water partition coefficient (Wildman–Crippen LogP) is 6.52. The number of phenols is 1. The number of nitrogens with one attached hydrogen (secondary N) is 1. The van der Waals surface area contributed by atoms with Crippen LogP contribution in [0.4, 0.5) is 10.1 Å². The number of phenolic OH excluding ortho intramolecular Hbond substituents is 1. The quantitative estimate of drug-likeness (QED) is 0.466. The van der Waals surface area contributed by atoms with Crippen molar-refractivity contribution in [3.8, 4) is 16.9 Å². The Kier molecular flexibility index (Phi) is 6.27. The Hall–Kier alpha value is -2.50. The maximum absolute atomic E-state index is 13.3. The number of amides is 1. The van der Waals surface area contributed by atoms with Gasteiger partial charge in [0.1, 0.15) is 11.6 Å². The number of anilines is 1. The van der Waals surface area contributed by atoms with Crippen LogP contribution in [-0.2, 0) is 0 Å². The van der Waals surface area contributed by atoms with E-state index < -0.39 is 5.91 Å². The summed E-state index contributed by atoms with van der Waals surface area (Å²) in [5.74, 6) is -0.112. The highest BCUT2D eigenvalue weighted by Crippen LogP contribution is 2.39. The van der Waals surface area contributed by atoms with E-state index in [4.69, 9.17) is 11.6 Å². The van der Waals surface area contributed by atoms with E-state index in [9.17, 15) is 14.3 Å². The van der Waals surface area contributed by atoms with Gasteiger partial charge in [-0.05, 0) is 71.8 Å². The molecule has 0 heterocycles. The molecule has 0 aliphatic rings. The lowest BCUT2D eigenvalue weighted by atomic mass is 9.97. The Labute approximate surface area is 172 Å². The molecule has 0 aliphatic carbocycles. The smallest absolute Gasteiger partial charge is 0.260 e. The number of carbonyl (C=O) groups is 1. The maximum Gasteiger partial charge on any atom is 0.260 e. The largest absolute Gasteiger partial charge is 0.507 e. The molecule has 3 aromatic carbocycles. The van der Waals surface area contributed by atoms with Gasteiger partial charge in [-0.2, -0.15) is 0 Å². The van der Waals surface area contributed by atoms with Crippen molar-refractivity contribution >= 4 is 35.0 Å². The second kappa shape index (κ2) is 8.67. The summed E-state index contributed by atoms with van der Waals surface area (Å²) < 4.78 is 13.3. The number of hydrogen-bond donors (Lipinski definition) is 2. The zero-order valence-electron chi connectivity index (χ0n) is 15.4. The molecule has 2 N–H and O–H groups in total. The summed E-state index contributed by atoms with van der Waals surface area (Å²) >= 11 is 7.36. The monoisotopic (exact) mass is 415 g/mol. The minimum absolute atomic E-state index is 0.118. The van der Waals surface area contributed by atoms with Gasteiger partial charge in [-0.3, -0.25) is 4.79 Å². The molecule has 6 heteroatoms. The van der Waals surface area contributed by atoms with E-state index in [-0.39, 0.29) is 17.1 Å². The summed E-state index contributed by atoms with van der Waals surface area (Å²) in [4.78, 5) is 13.6. The summed E-state index contributed by atoms with van der Waals surface area (Å²) in [6, 6.07) is 14.4. The molecule has 144 valence electrons. The molecule has 3 aromatic rings. The van der Waals surface area contributed by atoms with Crippen LogP contribution in [0.3, 0.4) is 0 Å². The van der Waals surface area contributed by atoms with Crippen molar-refractivity contribution in [1.29, 1.82) is 0 Å². The summed E-state index contributed by atoms with van der Waals surface area (Å²) in [7, 11) is 0. The Balaban J connectivity index is 2.05. The highest BCUT2D eigenvalue weighted by molar-refractivity contribution is 7.99. The molecule has 3 nitrogen and oxygen atoms in total. The summed E-state index contributed by atoms with van der Waals surface area (Å²) in [5, 5.41) is 14.0. The lowest BCUT2D eigenvalue weighted by Crippen LogP contribution is -2.14. The van der Waals surface area contributed by atoms with Crippen molar-refractivity contribution in [2.75, 3.05) is 11.1 Å². The lowest BCUT2D eigenvalue weighted by Gasteiger charge is -2.17. The molecule has 0 spiro atoms. The third-order valence-electron chi connectivity index (χ3n) is 4.28. The van der Waals surface area contributed by atoms with Crippen molar-refractivity contribution in [3.05, 3.63) is 76.6 Å². The van der Waals surface area contributed by atoms with Gasteiger partial charge in [-0.1, -0.05) is 30.7 Å². The van der Waals surface area contributed by atoms with Crippen molar-refractivity contribution in [2.45, 2.75) is 18.7 Å². The number of thioether (sulfide) groups is 1. The molecule has 0 radical (unpaired) electrons. The number of halogens is 2. The van der Waals surface area contributed by atoms with Gasteiger partial charge in [0.15, 0.2) is 0 Å². The molecular weight excluding hydrogens is 397 g/mol. The van der Waals surface area contributed by atoms with E-state index in [0.717, 1.165) is 22.4 Å². The Morgan fingerprint density at radius 1 is 1.14 bits per heavy atom. The number of hydrogen-bond acceptors (Lipinski definition) is 3. The lowest BCUT2D eigenvalue weighted by molar-refractivity contribution is 0.102. The second-order valence-corrected chi connectivity index (χ2v) is 7.88.